The van der Waals surface area contributed by atoms with Gasteiger partial charge in [-0.1, -0.05) is 36.7 Å². The van der Waals surface area contributed by atoms with Crippen molar-refractivity contribution >= 4 is 21.6 Å². The summed E-state index contributed by atoms with van der Waals surface area (Å²) in [5.74, 6) is 0.907. The molecule has 0 saturated carbocycles. The molecule has 0 aliphatic heterocycles. The first kappa shape index (κ1) is 16.1. The zero-order chi connectivity index (χ0) is 14.7. The van der Waals surface area contributed by atoms with Crippen LogP contribution in [0.1, 0.15) is 37.6 Å². The van der Waals surface area contributed by atoms with E-state index in [1.165, 1.54) is 0 Å². The molecule has 0 spiro atoms. The molecule has 0 radical (unpaired) electrons. The van der Waals surface area contributed by atoms with Crippen molar-refractivity contribution in [1.82, 2.24) is 4.98 Å². The van der Waals surface area contributed by atoms with E-state index in [2.05, 4.69) is 41.7 Å². The Kier molecular flexibility index (Phi) is 5.47. The lowest BCUT2D eigenvalue weighted by molar-refractivity contribution is -0.386. The van der Waals surface area contributed by atoms with E-state index in [9.17, 15) is 10.1 Å². The van der Waals surface area contributed by atoms with Crippen LogP contribution in [0.15, 0.2) is 6.20 Å². The van der Waals surface area contributed by atoms with Gasteiger partial charge in [0.2, 0.25) is 0 Å². The van der Waals surface area contributed by atoms with E-state index in [4.69, 9.17) is 0 Å². The monoisotopic (exact) mass is 328 g/mol. The number of rotatable bonds is 5. The van der Waals surface area contributed by atoms with Crippen LogP contribution in [-0.4, -0.2) is 14.7 Å². The van der Waals surface area contributed by atoms with E-state index in [1.54, 1.807) is 20.0 Å². The van der Waals surface area contributed by atoms with Crippen molar-refractivity contribution < 1.29 is 4.92 Å². The van der Waals surface area contributed by atoms with E-state index in [1.807, 2.05) is 0 Å². The van der Waals surface area contributed by atoms with Gasteiger partial charge in [0.05, 0.1) is 10.6 Å². The molecule has 1 heterocycles. The number of aromatic nitrogens is 1. The zero-order valence-electron chi connectivity index (χ0n) is 12.1. The summed E-state index contributed by atoms with van der Waals surface area (Å²) in [5, 5.41) is 11.1. The van der Waals surface area contributed by atoms with Gasteiger partial charge in [0.25, 0.3) is 5.69 Å². The van der Waals surface area contributed by atoms with Gasteiger partial charge in [0.15, 0.2) is 0 Å². The molecule has 106 valence electrons. The van der Waals surface area contributed by atoms with Crippen LogP contribution in [0.25, 0.3) is 0 Å². The second-order valence-electron chi connectivity index (χ2n) is 5.41. The van der Waals surface area contributed by atoms with E-state index in [0.29, 0.717) is 27.8 Å². The highest BCUT2D eigenvalue weighted by Gasteiger charge is 2.24. The SMILES string of the molecule is Cc1cnc(CC(C(C)C)C(C)Br)c(C)c1[N+](=O)[O-]. The predicted octanol–water partition coefficient (Wildman–Crippen LogP) is 4.20. The van der Waals surface area contributed by atoms with Crippen molar-refractivity contribution in [3.63, 3.8) is 0 Å². The Morgan fingerprint density at radius 3 is 2.37 bits per heavy atom. The fraction of sp³-hybridized carbons (Fsp3) is 0.643. The number of hydrogen-bond donors (Lipinski definition) is 0. The van der Waals surface area contributed by atoms with Gasteiger partial charge in [-0.25, -0.2) is 0 Å². The highest BCUT2D eigenvalue weighted by atomic mass is 79.9. The maximum absolute atomic E-state index is 11.1. The normalized spacial score (nSPS) is 14.5. The van der Waals surface area contributed by atoms with Crippen LogP contribution in [0.3, 0.4) is 0 Å². The van der Waals surface area contributed by atoms with Crippen LogP contribution >= 0.6 is 15.9 Å². The zero-order valence-corrected chi connectivity index (χ0v) is 13.7. The first-order chi connectivity index (χ1) is 8.75. The highest BCUT2D eigenvalue weighted by molar-refractivity contribution is 9.09. The second kappa shape index (κ2) is 6.46. The predicted molar refractivity (Wildman–Crippen MR) is 80.8 cm³/mol. The number of alkyl halides is 1. The summed E-state index contributed by atoms with van der Waals surface area (Å²) in [4.78, 5) is 15.6. The fourth-order valence-corrected chi connectivity index (χ4v) is 3.20. The van der Waals surface area contributed by atoms with Crippen molar-refractivity contribution in [2.24, 2.45) is 11.8 Å². The quantitative estimate of drug-likeness (QED) is 0.462. The van der Waals surface area contributed by atoms with Crippen LogP contribution in [0.2, 0.25) is 0 Å². The summed E-state index contributed by atoms with van der Waals surface area (Å²) in [5.41, 5.74) is 2.36. The number of nitrogens with zero attached hydrogens (tertiary/aromatic N) is 2. The molecule has 0 aliphatic carbocycles. The third-order valence-corrected chi connectivity index (χ3v) is 4.31. The lowest BCUT2D eigenvalue weighted by Gasteiger charge is -2.24. The van der Waals surface area contributed by atoms with Gasteiger partial charge in [-0.3, -0.25) is 15.1 Å². The topological polar surface area (TPSA) is 56.0 Å². The number of nitro groups is 1. The van der Waals surface area contributed by atoms with Crippen LogP contribution in [0, 0.1) is 35.8 Å². The number of halogens is 1. The average Bonchev–Trinajstić information content (AvgIpc) is 2.26. The Morgan fingerprint density at radius 2 is 1.95 bits per heavy atom. The number of hydrogen-bond acceptors (Lipinski definition) is 3. The lowest BCUT2D eigenvalue weighted by atomic mass is 9.87. The Hall–Kier alpha value is -0.970. The minimum atomic E-state index is -0.308. The maximum Gasteiger partial charge on any atom is 0.278 e. The smallest absolute Gasteiger partial charge is 0.260 e. The van der Waals surface area contributed by atoms with Crippen LogP contribution < -0.4 is 0 Å². The van der Waals surface area contributed by atoms with E-state index in [0.717, 1.165) is 12.1 Å². The van der Waals surface area contributed by atoms with Gasteiger partial charge in [-0.15, -0.1) is 0 Å². The van der Waals surface area contributed by atoms with Crippen LogP contribution in [0.4, 0.5) is 5.69 Å². The van der Waals surface area contributed by atoms with Crippen molar-refractivity contribution in [2.45, 2.75) is 45.9 Å². The molecule has 0 N–H and O–H groups in total. The highest BCUT2D eigenvalue weighted by Crippen LogP contribution is 2.30. The van der Waals surface area contributed by atoms with Crippen molar-refractivity contribution in [3.05, 3.63) is 33.1 Å². The molecule has 0 bridgehead atoms. The minimum Gasteiger partial charge on any atom is -0.260 e. The summed E-state index contributed by atoms with van der Waals surface area (Å²) >= 11 is 3.62. The molecule has 19 heavy (non-hydrogen) atoms. The van der Waals surface area contributed by atoms with E-state index in [-0.39, 0.29) is 10.6 Å². The number of aryl methyl sites for hydroxylation is 1. The van der Waals surface area contributed by atoms with E-state index < -0.39 is 0 Å². The molecular formula is C14H21BrN2O2. The van der Waals surface area contributed by atoms with Gasteiger partial charge >= 0.3 is 0 Å². The van der Waals surface area contributed by atoms with Gasteiger partial charge in [-0.2, -0.15) is 0 Å². The van der Waals surface area contributed by atoms with Crippen molar-refractivity contribution in [2.75, 3.05) is 0 Å². The molecule has 4 nitrogen and oxygen atoms in total. The largest absolute Gasteiger partial charge is 0.278 e. The summed E-state index contributed by atoms with van der Waals surface area (Å²) in [7, 11) is 0. The molecule has 1 aromatic rings. The van der Waals surface area contributed by atoms with Crippen molar-refractivity contribution in [3.8, 4) is 0 Å². The van der Waals surface area contributed by atoms with Crippen molar-refractivity contribution in [1.29, 1.82) is 0 Å². The standard InChI is InChI=1S/C14H21BrN2O2/c1-8(2)12(11(5)15)6-13-10(4)14(17(18)19)9(3)7-16-13/h7-8,11-12H,6H2,1-5H3. The number of pyridine rings is 1. The molecule has 2 unspecified atom stereocenters. The van der Waals surface area contributed by atoms with E-state index >= 15 is 0 Å². The van der Waals surface area contributed by atoms with Gasteiger partial charge < -0.3 is 0 Å². The first-order valence-electron chi connectivity index (χ1n) is 6.49. The minimum absolute atomic E-state index is 0.203. The van der Waals surface area contributed by atoms with Crippen LogP contribution in [-0.2, 0) is 6.42 Å². The molecule has 0 saturated heterocycles. The molecule has 0 aromatic carbocycles. The molecule has 1 aromatic heterocycles. The molecule has 1 rings (SSSR count). The van der Waals surface area contributed by atoms with Crippen LogP contribution in [0.5, 0.6) is 0 Å². The summed E-state index contributed by atoms with van der Waals surface area (Å²) in [6.45, 7) is 9.97. The maximum atomic E-state index is 11.1. The fourth-order valence-electron chi connectivity index (χ4n) is 2.40. The molecule has 5 heteroatoms. The molecule has 2 atom stereocenters. The molecule has 0 aliphatic rings. The van der Waals surface area contributed by atoms with Gasteiger partial charge in [-0.05, 0) is 32.1 Å². The molecule has 0 fully saturated rings. The average molecular weight is 329 g/mol. The third-order valence-electron chi connectivity index (χ3n) is 3.63. The summed E-state index contributed by atoms with van der Waals surface area (Å²) in [6.07, 6.45) is 2.37. The van der Waals surface area contributed by atoms with Gasteiger partial charge in [0, 0.05) is 22.2 Å². The Bertz CT molecular complexity index is 465. The Balaban J connectivity index is 3.15. The summed E-state index contributed by atoms with van der Waals surface area (Å²) < 4.78 is 0. The van der Waals surface area contributed by atoms with Gasteiger partial charge in [0.1, 0.15) is 0 Å². The first-order valence-corrected chi connectivity index (χ1v) is 7.40. The lowest BCUT2D eigenvalue weighted by Crippen LogP contribution is -2.21. The Morgan fingerprint density at radius 1 is 1.37 bits per heavy atom. The molecular weight excluding hydrogens is 308 g/mol. The third kappa shape index (κ3) is 3.75. The molecule has 0 amide bonds. The Labute approximate surface area is 122 Å². The second-order valence-corrected chi connectivity index (χ2v) is 6.85. The summed E-state index contributed by atoms with van der Waals surface area (Å²) in [6, 6.07) is 0.